The van der Waals surface area contributed by atoms with E-state index in [1.807, 2.05) is 12.1 Å². The van der Waals surface area contributed by atoms with Crippen molar-refractivity contribution in [2.24, 2.45) is 5.92 Å². The lowest BCUT2D eigenvalue weighted by atomic mass is 9.93. The van der Waals surface area contributed by atoms with Crippen molar-refractivity contribution in [3.8, 4) is 0 Å². The first-order valence-electron chi connectivity index (χ1n) is 6.61. The van der Waals surface area contributed by atoms with Crippen LogP contribution in [0.5, 0.6) is 0 Å². The third-order valence-corrected chi connectivity index (χ3v) is 4.50. The Morgan fingerprint density at radius 2 is 1.94 bits per heavy atom. The molecule has 2 aliphatic heterocycles. The van der Waals surface area contributed by atoms with Gasteiger partial charge in [-0.05, 0) is 55.6 Å². The molecule has 98 valence electrons. The summed E-state index contributed by atoms with van der Waals surface area (Å²) in [6.07, 6.45) is 2.58. The Balaban J connectivity index is 1.65. The molecular formula is C14H18Cl2N2. The van der Waals surface area contributed by atoms with E-state index in [4.69, 9.17) is 23.2 Å². The molecule has 2 saturated heterocycles. The summed E-state index contributed by atoms with van der Waals surface area (Å²) in [6.45, 7) is 4.51. The molecule has 1 N–H and O–H groups in total. The molecule has 1 aromatic rings. The van der Waals surface area contributed by atoms with Crippen molar-refractivity contribution in [1.29, 1.82) is 0 Å². The molecule has 1 aromatic carbocycles. The maximum atomic E-state index is 6.04. The number of nitrogens with one attached hydrogen (secondary N) is 1. The zero-order valence-electron chi connectivity index (χ0n) is 10.3. The molecule has 2 aliphatic rings. The minimum atomic E-state index is 0.731. The van der Waals surface area contributed by atoms with Crippen molar-refractivity contribution in [2.45, 2.75) is 25.4 Å². The zero-order chi connectivity index (χ0) is 12.5. The van der Waals surface area contributed by atoms with Crippen LogP contribution in [0.4, 0.5) is 0 Å². The summed E-state index contributed by atoms with van der Waals surface area (Å²) in [5.41, 5.74) is 1.22. The van der Waals surface area contributed by atoms with Crippen LogP contribution in [0.25, 0.3) is 0 Å². The topological polar surface area (TPSA) is 15.3 Å². The minimum Gasteiger partial charge on any atom is -0.314 e. The molecule has 18 heavy (non-hydrogen) atoms. The highest BCUT2D eigenvalue weighted by atomic mass is 35.5. The molecule has 2 atom stereocenters. The zero-order valence-corrected chi connectivity index (χ0v) is 11.8. The Bertz CT molecular complexity index is 416. The van der Waals surface area contributed by atoms with Crippen LogP contribution in [-0.4, -0.2) is 30.6 Å². The third-order valence-electron chi connectivity index (χ3n) is 4.07. The fourth-order valence-corrected chi connectivity index (χ4v) is 3.80. The highest BCUT2D eigenvalue weighted by Gasteiger charge is 2.32. The second kappa shape index (κ2) is 5.38. The number of piperidine rings is 1. The molecule has 2 fully saturated rings. The summed E-state index contributed by atoms with van der Waals surface area (Å²) in [4.78, 5) is 2.52. The third kappa shape index (κ3) is 2.83. The monoisotopic (exact) mass is 284 g/mol. The van der Waals surface area contributed by atoms with E-state index >= 15 is 0 Å². The number of nitrogens with zero attached hydrogens (tertiary/aromatic N) is 1. The number of likely N-dealkylation sites (tertiary alicyclic amines) is 1. The van der Waals surface area contributed by atoms with Gasteiger partial charge in [-0.2, -0.15) is 0 Å². The first-order valence-corrected chi connectivity index (χ1v) is 7.37. The van der Waals surface area contributed by atoms with Gasteiger partial charge in [0.2, 0.25) is 0 Å². The van der Waals surface area contributed by atoms with E-state index in [1.165, 1.54) is 31.5 Å². The number of benzene rings is 1. The maximum absolute atomic E-state index is 6.04. The van der Waals surface area contributed by atoms with Gasteiger partial charge in [0.15, 0.2) is 0 Å². The van der Waals surface area contributed by atoms with Gasteiger partial charge in [-0.1, -0.05) is 23.2 Å². The Hall–Kier alpha value is -0.280. The fraction of sp³-hybridized carbons (Fsp3) is 0.571. The van der Waals surface area contributed by atoms with Crippen LogP contribution in [-0.2, 0) is 6.54 Å². The minimum absolute atomic E-state index is 0.731. The van der Waals surface area contributed by atoms with Crippen LogP contribution in [0.1, 0.15) is 18.4 Å². The van der Waals surface area contributed by atoms with Crippen LogP contribution < -0.4 is 5.32 Å². The highest BCUT2D eigenvalue weighted by Crippen LogP contribution is 2.26. The summed E-state index contributed by atoms with van der Waals surface area (Å²) in [5.74, 6) is 0.827. The first-order chi connectivity index (χ1) is 8.70. The molecule has 0 amide bonds. The molecule has 2 nitrogen and oxygen atoms in total. The summed E-state index contributed by atoms with van der Waals surface area (Å²) < 4.78 is 0. The summed E-state index contributed by atoms with van der Waals surface area (Å²) >= 11 is 12.1. The predicted octanol–water partition coefficient (Wildman–Crippen LogP) is 3.18. The van der Waals surface area contributed by atoms with E-state index in [9.17, 15) is 0 Å². The predicted molar refractivity (Wildman–Crippen MR) is 76.3 cm³/mol. The largest absolute Gasteiger partial charge is 0.314 e. The summed E-state index contributed by atoms with van der Waals surface area (Å²) in [7, 11) is 0. The molecule has 0 spiro atoms. The maximum Gasteiger partial charge on any atom is 0.0424 e. The molecule has 0 aromatic heterocycles. The Morgan fingerprint density at radius 1 is 1.17 bits per heavy atom. The van der Waals surface area contributed by atoms with E-state index < -0.39 is 0 Å². The van der Waals surface area contributed by atoms with Gasteiger partial charge in [0, 0.05) is 29.2 Å². The van der Waals surface area contributed by atoms with E-state index in [0.717, 1.165) is 35.1 Å². The van der Waals surface area contributed by atoms with Gasteiger partial charge in [0.25, 0.3) is 0 Å². The van der Waals surface area contributed by atoms with Crippen molar-refractivity contribution in [1.82, 2.24) is 10.2 Å². The number of halogens is 2. The van der Waals surface area contributed by atoms with Crippen molar-refractivity contribution in [3.63, 3.8) is 0 Å². The Kier molecular flexibility index (Phi) is 3.81. The Labute approximate surface area is 118 Å². The Morgan fingerprint density at radius 3 is 2.72 bits per heavy atom. The molecule has 2 heterocycles. The average Bonchev–Trinajstić information content (AvgIpc) is 2.74. The van der Waals surface area contributed by atoms with Gasteiger partial charge in [-0.15, -0.1) is 0 Å². The van der Waals surface area contributed by atoms with Gasteiger partial charge in [-0.3, -0.25) is 4.90 Å². The van der Waals surface area contributed by atoms with Crippen LogP contribution in [0.15, 0.2) is 18.2 Å². The number of hydrogen-bond acceptors (Lipinski definition) is 2. The van der Waals surface area contributed by atoms with Crippen LogP contribution in [0, 0.1) is 5.92 Å². The van der Waals surface area contributed by atoms with Crippen LogP contribution in [0.2, 0.25) is 10.0 Å². The van der Waals surface area contributed by atoms with E-state index in [0.29, 0.717) is 0 Å². The molecule has 0 bridgehead atoms. The number of fused-ring (bicyclic) bond motifs is 1. The second-order valence-corrected chi connectivity index (χ2v) is 6.28. The normalized spacial score (nSPS) is 28.3. The lowest BCUT2D eigenvalue weighted by Gasteiger charge is -2.34. The summed E-state index contributed by atoms with van der Waals surface area (Å²) in [5, 5.41) is 5.06. The van der Waals surface area contributed by atoms with Gasteiger partial charge < -0.3 is 5.32 Å². The van der Waals surface area contributed by atoms with Gasteiger partial charge >= 0.3 is 0 Å². The van der Waals surface area contributed by atoms with E-state index in [-0.39, 0.29) is 0 Å². The van der Waals surface area contributed by atoms with Gasteiger partial charge in [0.05, 0.1) is 0 Å². The average molecular weight is 285 g/mol. The second-order valence-electron chi connectivity index (χ2n) is 5.41. The van der Waals surface area contributed by atoms with Gasteiger partial charge in [0.1, 0.15) is 0 Å². The molecular weight excluding hydrogens is 267 g/mol. The standard InChI is InChI=1S/C14H18Cl2N2/c15-12-5-10(6-13(16)7-12)8-18-4-2-14-11(9-18)1-3-17-14/h5-7,11,14,17H,1-4,8-9H2. The molecule has 0 saturated carbocycles. The molecule has 3 rings (SSSR count). The molecule has 0 radical (unpaired) electrons. The van der Waals surface area contributed by atoms with Crippen LogP contribution >= 0.6 is 23.2 Å². The SMILES string of the molecule is Clc1cc(Cl)cc(CN2CCC3NCCC3C2)c1. The quantitative estimate of drug-likeness (QED) is 0.898. The number of rotatable bonds is 2. The lowest BCUT2D eigenvalue weighted by Crippen LogP contribution is -2.43. The van der Waals surface area contributed by atoms with Crippen LogP contribution in [0.3, 0.4) is 0 Å². The van der Waals surface area contributed by atoms with Crippen molar-refractivity contribution >= 4 is 23.2 Å². The van der Waals surface area contributed by atoms with Crippen molar-refractivity contribution in [2.75, 3.05) is 19.6 Å². The fourth-order valence-electron chi connectivity index (χ4n) is 3.23. The van der Waals surface area contributed by atoms with E-state index in [2.05, 4.69) is 10.2 Å². The van der Waals surface area contributed by atoms with Gasteiger partial charge in [-0.25, -0.2) is 0 Å². The molecule has 0 aliphatic carbocycles. The van der Waals surface area contributed by atoms with Crippen molar-refractivity contribution < 1.29 is 0 Å². The smallest absolute Gasteiger partial charge is 0.0424 e. The van der Waals surface area contributed by atoms with Crippen molar-refractivity contribution in [3.05, 3.63) is 33.8 Å². The molecule has 4 heteroatoms. The number of hydrogen-bond donors (Lipinski definition) is 1. The summed E-state index contributed by atoms with van der Waals surface area (Å²) in [6, 6.07) is 6.59. The first kappa shape index (κ1) is 12.7. The highest BCUT2D eigenvalue weighted by molar-refractivity contribution is 6.34. The molecule has 2 unspecified atom stereocenters. The lowest BCUT2D eigenvalue weighted by molar-refractivity contribution is 0.156. The van der Waals surface area contributed by atoms with E-state index in [1.54, 1.807) is 6.07 Å².